The smallest absolute Gasteiger partial charge is 0.462 e. The van der Waals surface area contributed by atoms with Crippen molar-refractivity contribution in [3.8, 4) is 0 Å². The van der Waals surface area contributed by atoms with Crippen LogP contribution in [0.25, 0.3) is 0 Å². The molecular formula is C62H97O11P. The third-order valence-corrected chi connectivity index (χ3v) is 11.7. The molecular weight excluding hydrogens is 952 g/mol. The summed E-state index contributed by atoms with van der Waals surface area (Å²) < 4.78 is 39.4. The van der Waals surface area contributed by atoms with Crippen LogP contribution in [0.4, 0.5) is 0 Å². The Balaban J connectivity index is 4.90. The van der Waals surface area contributed by atoms with Crippen LogP contribution in [0.15, 0.2) is 146 Å². The van der Waals surface area contributed by atoms with Crippen LogP contribution in [-0.2, 0) is 42.2 Å². The maximum Gasteiger partial charge on any atom is 0.472 e. The van der Waals surface area contributed by atoms with E-state index < -0.39 is 57.8 Å². The zero-order valence-electron chi connectivity index (χ0n) is 45.7. The normalized spacial score (nSPS) is 14.5. The Kier molecular flexibility index (Phi) is 51.2. The summed E-state index contributed by atoms with van der Waals surface area (Å²) in [5.74, 6) is -1.61. The lowest BCUT2D eigenvalue weighted by Gasteiger charge is -2.21. The number of rotatable bonds is 49. The van der Waals surface area contributed by atoms with Gasteiger partial charge >= 0.3 is 25.7 Å². The molecule has 0 bridgehead atoms. The van der Waals surface area contributed by atoms with Gasteiger partial charge in [-0.2, -0.15) is 0 Å². The molecule has 0 radical (unpaired) electrons. The van der Waals surface area contributed by atoms with Gasteiger partial charge in [0.1, 0.15) is 12.7 Å². The molecule has 74 heavy (non-hydrogen) atoms. The van der Waals surface area contributed by atoms with Gasteiger partial charge in [-0.25, -0.2) is 4.57 Å². The van der Waals surface area contributed by atoms with E-state index in [1.165, 1.54) is 0 Å². The number of phosphoric acid groups is 1. The van der Waals surface area contributed by atoms with E-state index in [4.69, 9.17) is 23.3 Å². The largest absolute Gasteiger partial charge is 0.472 e. The van der Waals surface area contributed by atoms with Gasteiger partial charge in [-0.1, -0.05) is 179 Å². The van der Waals surface area contributed by atoms with Crippen molar-refractivity contribution in [2.24, 2.45) is 0 Å². The number of allylic oxidation sites excluding steroid dienone is 24. The van der Waals surface area contributed by atoms with Crippen LogP contribution in [-0.4, -0.2) is 66.5 Å². The van der Waals surface area contributed by atoms with Crippen LogP contribution in [0.2, 0.25) is 0 Å². The summed E-state index contributed by atoms with van der Waals surface area (Å²) in [6.45, 7) is 4.14. The summed E-state index contributed by atoms with van der Waals surface area (Å²) in [7, 11) is -4.78. The molecule has 0 rings (SSSR count). The van der Waals surface area contributed by atoms with Gasteiger partial charge in [0.2, 0.25) is 0 Å². The topological polar surface area (TPSA) is 155 Å². The number of hydrogen-bond acceptors (Lipinski definition) is 10. The van der Waals surface area contributed by atoms with Crippen molar-refractivity contribution in [1.29, 1.82) is 0 Å². The average molecular weight is 1050 g/mol. The van der Waals surface area contributed by atoms with Gasteiger partial charge in [-0.05, 0) is 135 Å². The molecule has 0 saturated carbocycles. The lowest BCUT2D eigenvalue weighted by Crippen LogP contribution is -2.30. The van der Waals surface area contributed by atoms with Gasteiger partial charge in [-0.3, -0.25) is 23.4 Å². The maximum absolute atomic E-state index is 12.9. The highest BCUT2D eigenvalue weighted by Crippen LogP contribution is 2.43. The van der Waals surface area contributed by atoms with Crippen LogP contribution >= 0.6 is 7.82 Å². The Morgan fingerprint density at radius 2 is 0.662 bits per heavy atom. The molecule has 11 nitrogen and oxygen atoms in total. The van der Waals surface area contributed by atoms with E-state index in [-0.39, 0.29) is 25.9 Å². The second kappa shape index (κ2) is 54.6. The number of phosphoric ester groups is 1. The molecule has 416 valence electrons. The van der Waals surface area contributed by atoms with Crippen molar-refractivity contribution in [2.45, 2.75) is 200 Å². The number of carbonyl (C=O) groups is 3. The Bertz CT molecular complexity index is 1800. The molecule has 2 N–H and O–H groups in total. The molecule has 0 heterocycles. The molecule has 0 aliphatic carbocycles. The minimum absolute atomic E-state index is 0.0964. The molecule has 0 aliphatic rings. The van der Waals surface area contributed by atoms with Crippen LogP contribution in [0.3, 0.4) is 0 Å². The first-order valence-corrected chi connectivity index (χ1v) is 29.2. The predicted octanol–water partition coefficient (Wildman–Crippen LogP) is 16.4. The summed E-state index contributed by atoms with van der Waals surface area (Å²) in [6.07, 6.45) is 69.6. The first-order chi connectivity index (χ1) is 36.2. The molecule has 0 spiro atoms. The zero-order chi connectivity index (χ0) is 54.1. The molecule has 12 heteroatoms. The quantitative estimate of drug-likeness (QED) is 0.0197. The van der Waals surface area contributed by atoms with Crippen LogP contribution in [0, 0.1) is 0 Å². The summed E-state index contributed by atoms with van der Waals surface area (Å²) in [5.41, 5.74) is 0. The van der Waals surface area contributed by atoms with Gasteiger partial charge in [0.05, 0.1) is 19.8 Å². The molecule has 0 aromatic heterocycles. The van der Waals surface area contributed by atoms with Crippen LogP contribution in [0.1, 0.15) is 188 Å². The van der Waals surface area contributed by atoms with Gasteiger partial charge in [-0.15, -0.1) is 0 Å². The second-order valence-electron chi connectivity index (χ2n) is 17.6. The van der Waals surface area contributed by atoms with Gasteiger partial charge < -0.3 is 24.2 Å². The lowest BCUT2D eigenvalue weighted by atomic mass is 10.1. The Morgan fingerprint density at radius 1 is 0.378 bits per heavy atom. The van der Waals surface area contributed by atoms with E-state index in [1.54, 1.807) is 0 Å². The fourth-order valence-electron chi connectivity index (χ4n) is 6.62. The summed E-state index contributed by atoms with van der Waals surface area (Å²) >= 11 is 0. The lowest BCUT2D eigenvalue weighted by molar-refractivity contribution is -0.161. The minimum atomic E-state index is -4.78. The molecule has 0 fully saturated rings. The van der Waals surface area contributed by atoms with Crippen molar-refractivity contribution in [3.63, 3.8) is 0 Å². The summed E-state index contributed by atoms with van der Waals surface area (Å²) in [6, 6.07) is 0. The van der Waals surface area contributed by atoms with Crippen LogP contribution in [0.5, 0.6) is 0 Å². The third kappa shape index (κ3) is 52.2. The number of aliphatic hydroxyl groups excluding tert-OH is 1. The number of carbonyl (C=O) groups excluding carboxylic acids is 3. The molecule has 0 aromatic carbocycles. The SMILES string of the molecule is CC/C=C\C/C=C\C/C=C\C/C=C\C/C=C\CCCCCC(=O)OCC(COP(=O)(O)OCC(CO)OC(=O)CCCCC/C=C\C/C=C\C/C=C\CC)OC(=O)CCCC/C=C\C/C=C\C/C=C\C/C=C\CC. The second-order valence-corrected chi connectivity index (χ2v) is 19.1. The molecule has 0 aromatic rings. The number of esters is 3. The van der Waals surface area contributed by atoms with E-state index in [9.17, 15) is 28.9 Å². The zero-order valence-corrected chi connectivity index (χ0v) is 46.6. The Morgan fingerprint density at radius 3 is 1.01 bits per heavy atom. The highest BCUT2D eigenvalue weighted by Gasteiger charge is 2.28. The molecule has 0 saturated heterocycles. The first kappa shape index (κ1) is 69.4. The molecule has 0 aliphatic heterocycles. The van der Waals surface area contributed by atoms with Crippen molar-refractivity contribution in [1.82, 2.24) is 0 Å². The van der Waals surface area contributed by atoms with Gasteiger partial charge in [0.15, 0.2) is 6.10 Å². The fraction of sp³-hybridized carbons (Fsp3) is 0.565. The number of hydrogen-bond donors (Lipinski definition) is 2. The molecule has 3 unspecified atom stereocenters. The third-order valence-electron chi connectivity index (χ3n) is 10.7. The highest BCUT2D eigenvalue weighted by molar-refractivity contribution is 7.47. The Labute approximate surface area is 448 Å². The van der Waals surface area contributed by atoms with Gasteiger partial charge in [0, 0.05) is 19.3 Å². The fourth-order valence-corrected chi connectivity index (χ4v) is 7.40. The van der Waals surface area contributed by atoms with Crippen molar-refractivity contribution >= 4 is 25.7 Å². The van der Waals surface area contributed by atoms with Crippen LogP contribution < -0.4 is 0 Å². The summed E-state index contributed by atoms with van der Waals surface area (Å²) in [4.78, 5) is 48.5. The van der Waals surface area contributed by atoms with E-state index in [0.29, 0.717) is 19.3 Å². The van der Waals surface area contributed by atoms with Crippen molar-refractivity contribution < 1.29 is 52.2 Å². The molecule has 0 amide bonds. The van der Waals surface area contributed by atoms with Crippen molar-refractivity contribution in [2.75, 3.05) is 26.4 Å². The van der Waals surface area contributed by atoms with Crippen molar-refractivity contribution in [3.05, 3.63) is 146 Å². The molecule has 3 atom stereocenters. The highest BCUT2D eigenvalue weighted by atomic mass is 31.2. The maximum atomic E-state index is 12.9. The Hall–Kier alpha value is -4.64. The average Bonchev–Trinajstić information content (AvgIpc) is 3.39. The summed E-state index contributed by atoms with van der Waals surface area (Å²) in [5, 5.41) is 9.79. The van der Waals surface area contributed by atoms with Gasteiger partial charge in [0.25, 0.3) is 0 Å². The number of aliphatic hydroxyl groups is 1. The predicted molar refractivity (Wildman–Crippen MR) is 306 cm³/mol. The van der Waals surface area contributed by atoms with E-state index in [2.05, 4.69) is 167 Å². The number of ether oxygens (including phenoxy) is 3. The standard InChI is InChI=1S/C62H97O11P/c1-4-7-10-13-16-19-22-25-27-28-29-30-32-34-36-39-42-45-48-51-60(64)69-55-59(73-62(66)53-50-47-44-41-38-35-31-26-23-20-17-14-11-8-5-2)57-71-74(67,68)70-56-58(54-63)72-61(65)52-49-46-43-40-37-33-24-21-18-15-12-9-6-3/h7-12,16-21,25-27,29-31,33-34,36-38,41,58-59,63H,4-6,13-15,22-24,28,32,35,39-40,42-57H2,1-3H3,(H,67,68)/b10-7-,11-8-,12-9-,19-16-,20-17-,21-18-,27-25-,30-29-,31-26-,36-34-,37-33-,41-38-. The first-order valence-electron chi connectivity index (χ1n) is 27.7. The van der Waals surface area contributed by atoms with E-state index in [1.807, 2.05) is 0 Å². The monoisotopic (exact) mass is 1050 g/mol. The number of unbranched alkanes of at least 4 members (excludes halogenated alkanes) is 8. The van der Waals surface area contributed by atoms with E-state index in [0.717, 1.165) is 128 Å². The van der Waals surface area contributed by atoms with E-state index >= 15 is 0 Å². The minimum Gasteiger partial charge on any atom is -0.462 e.